The minimum atomic E-state index is -0.271. The Labute approximate surface area is 189 Å². The zero-order valence-corrected chi connectivity index (χ0v) is 20.0. The van der Waals surface area contributed by atoms with Gasteiger partial charge in [-0.25, -0.2) is 0 Å². The van der Waals surface area contributed by atoms with Gasteiger partial charge in [-0.1, -0.05) is 57.2 Å². The summed E-state index contributed by atoms with van der Waals surface area (Å²) in [5.74, 6) is -0.468. The van der Waals surface area contributed by atoms with Gasteiger partial charge in [-0.05, 0) is 42.7 Å². The molecule has 0 fully saturated rings. The molecule has 0 bridgehead atoms. The molecule has 0 atom stereocenters. The second-order valence-electron chi connectivity index (χ2n) is 8.95. The fourth-order valence-corrected chi connectivity index (χ4v) is 3.37. The average molecular weight is 441 g/mol. The molecule has 0 aliphatic heterocycles. The highest BCUT2D eigenvalue weighted by atomic mass is 32.2. The average Bonchev–Trinajstić information content (AvgIpc) is 2.67. The van der Waals surface area contributed by atoms with Crippen molar-refractivity contribution in [1.29, 1.82) is 0 Å². The van der Waals surface area contributed by atoms with Gasteiger partial charge in [0.25, 0.3) is 5.91 Å². The van der Waals surface area contributed by atoms with E-state index >= 15 is 0 Å². The lowest BCUT2D eigenvalue weighted by Gasteiger charge is -2.26. The predicted molar refractivity (Wildman–Crippen MR) is 131 cm³/mol. The summed E-state index contributed by atoms with van der Waals surface area (Å²) in [6, 6.07) is 11.1. The summed E-state index contributed by atoms with van der Waals surface area (Å²) in [6.45, 7) is 14.0. The molecule has 2 aromatic rings. The number of phenolic OH excluding ortho intramolecular Hbond substituents is 1. The molecule has 0 aliphatic rings. The molecule has 2 amide bonds. The third kappa shape index (κ3) is 6.89. The lowest BCUT2D eigenvalue weighted by atomic mass is 9.92. The fraction of sp³-hybridized carbons (Fsp3) is 0.360. The smallest absolute Gasteiger partial charge is 0.264 e. The molecule has 0 heterocycles. The van der Waals surface area contributed by atoms with Crippen LogP contribution in [0.1, 0.15) is 43.9 Å². The van der Waals surface area contributed by atoms with Gasteiger partial charge in [-0.3, -0.25) is 14.5 Å². The van der Waals surface area contributed by atoms with Crippen LogP contribution in [0.15, 0.2) is 47.9 Å². The molecule has 2 rings (SSSR count). The van der Waals surface area contributed by atoms with Crippen LogP contribution in [0.25, 0.3) is 0 Å². The first-order valence-electron chi connectivity index (χ1n) is 10.1. The van der Waals surface area contributed by atoms with Crippen molar-refractivity contribution in [2.75, 3.05) is 16.5 Å². The highest BCUT2D eigenvalue weighted by Crippen LogP contribution is 2.36. The van der Waals surface area contributed by atoms with Crippen LogP contribution in [0, 0.1) is 19.3 Å². The van der Waals surface area contributed by atoms with E-state index in [2.05, 4.69) is 11.9 Å². The number of thioether (sulfide) groups is 1. The molecule has 2 N–H and O–H groups in total. The van der Waals surface area contributed by atoms with Crippen molar-refractivity contribution in [2.45, 2.75) is 47.6 Å². The van der Waals surface area contributed by atoms with E-state index in [1.165, 1.54) is 22.7 Å². The van der Waals surface area contributed by atoms with Gasteiger partial charge in [0.1, 0.15) is 5.75 Å². The van der Waals surface area contributed by atoms with Crippen LogP contribution in [0.3, 0.4) is 0 Å². The number of aromatic hydroxyl groups is 1. The Kier molecular flexibility index (Phi) is 7.96. The molecule has 0 saturated heterocycles. The quantitative estimate of drug-likeness (QED) is 0.534. The maximum Gasteiger partial charge on any atom is 0.264 e. The van der Waals surface area contributed by atoms with Crippen LogP contribution in [0.5, 0.6) is 5.75 Å². The second kappa shape index (κ2) is 10.1. The number of hydrogen-bond acceptors (Lipinski definition) is 4. The minimum Gasteiger partial charge on any atom is -0.506 e. The summed E-state index contributed by atoms with van der Waals surface area (Å²) in [4.78, 5) is 27.3. The summed E-state index contributed by atoms with van der Waals surface area (Å²) in [7, 11) is 0. The van der Waals surface area contributed by atoms with Crippen molar-refractivity contribution in [3.05, 3.63) is 64.6 Å². The standard InChI is InChI=1S/C25H32N2O3S/c1-16-8-10-19(11-9-16)15-27(24(30)18(3)31-7)21-12-17(2)20(13-22(21)28)26-23(29)14-25(4,5)6/h8-13,28H,3,14-15H2,1-2,4-7H3,(H,26,29). The first kappa shape index (κ1) is 24.5. The van der Waals surface area contributed by atoms with Crippen molar-refractivity contribution in [2.24, 2.45) is 5.41 Å². The molecular formula is C25H32N2O3S. The van der Waals surface area contributed by atoms with Gasteiger partial charge < -0.3 is 10.4 Å². The molecule has 0 aromatic heterocycles. The molecule has 6 heteroatoms. The fourth-order valence-electron chi connectivity index (χ4n) is 3.09. The number of anilines is 2. The first-order valence-corrected chi connectivity index (χ1v) is 11.4. The van der Waals surface area contributed by atoms with Crippen molar-refractivity contribution < 1.29 is 14.7 Å². The van der Waals surface area contributed by atoms with E-state index in [4.69, 9.17) is 0 Å². The van der Waals surface area contributed by atoms with E-state index in [0.717, 1.165) is 16.7 Å². The topological polar surface area (TPSA) is 69.6 Å². The first-order chi connectivity index (χ1) is 14.4. The van der Waals surface area contributed by atoms with E-state index in [-0.39, 0.29) is 23.0 Å². The number of hydrogen-bond donors (Lipinski definition) is 2. The molecule has 166 valence electrons. The van der Waals surface area contributed by atoms with Gasteiger partial charge in [0.2, 0.25) is 5.91 Å². The van der Waals surface area contributed by atoms with Crippen molar-refractivity contribution in [1.82, 2.24) is 0 Å². The van der Waals surface area contributed by atoms with Gasteiger partial charge in [-0.2, -0.15) is 0 Å². The molecule has 0 unspecified atom stereocenters. The van der Waals surface area contributed by atoms with Crippen molar-refractivity contribution in [3.8, 4) is 5.75 Å². The van der Waals surface area contributed by atoms with E-state index in [1.807, 2.05) is 58.9 Å². The normalized spacial score (nSPS) is 11.2. The summed E-state index contributed by atoms with van der Waals surface area (Å²) in [6.07, 6.45) is 2.16. The minimum absolute atomic E-state index is 0.0778. The Balaban J connectivity index is 2.40. The maximum atomic E-state index is 13.1. The molecule has 0 saturated carbocycles. The van der Waals surface area contributed by atoms with Crippen molar-refractivity contribution >= 4 is 35.0 Å². The number of rotatable bonds is 7. The van der Waals surface area contributed by atoms with Crippen LogP contribution in [0.2, 0.25) is 0 Å². The second-order valence-corrected chi connectivity index (χ2v) is 9.85. The highest BCUT2D eigenvalue weighted by molar-refractivity contribution is 8.03. The number of amides is 2. The Bertz CT molecular complexity index is 975. The van der Waals surface area contributed by atoms with Gasteiger partial charge in [0.05, 0.1) is 17.1 Å². The number of nitrogens with zero attached hydrogens (tertiary/aromatic N) is 1. The molecule has 31 heavy (non-hydrogen) atoms. The number of benzene rings is 2. The van der Waals surface area contributed by atoms with Gasteiger partial charge >= 0.3 is 0 Å². The third-order valence-corrected chi connectivity index (χ3v) is 5.44. The molecule has 0 radical (unpaired) electrons. The van der Waals surface area contributed by atoms with Gasteiger partial charge in [0.15, 0.2) is 0 Å². The summed E-state index contributed by atoms with van der Waals surface area (Å²) >= 11 is 1.27. The molecule has 0 aliphatic carbocycles. The lowest BCUT2D eigenvalue weighted by molar-refractivity contribution is -0.118. The largest absolute Gasteiger partial charge is 0.506 e. The van der Waals surface area contributed by atoms with Crippen LogP contribution in [-0.4, -0.2) is 23.2 Å². The summed E-state index contributed by atoms with van der Waals surface area (Å²) < 4.78 is 0. The third-order valence-electron chi connectivity index (χ3n) is 4.77. The number of phenols is 1. The zero-order chi connectivity index (χ0) is 23.3. The summed E-state index contributed by atoms with van der Waals surface area (Å²) in [5.41, 5.74) is 3.59. The van der Waals surface area contributed by atoms with E-state index < -0.39 is 0 Å². The van der Waals surface area contributed by atoms with E-state index in [0.29, 0.717) is 29.2 Å². The van der Waals surface area contributed by atoms with Crippen LogP contribution >= 0.6 is 11.8 Å². The number of aryl methyl sites for hydroxylation is 2. The molecule has 0 spiro atoms. The summed E-state index contributed by atoms with van der Waals surface area (Å²) in [5, 5.41) is 13.6. The number of nitrogens with one attached hydrogen (secondary N) is 1. The highest BCUT2D eigenvalue weighted by Gasteiger charge is 2.23. The SMILES string of the molecule is C=C(SC)C(=O)N(Cc1ccc(C)cc1)c1cc(C)c(NC(=O)CC(C)(C)C)cc1O. The van der Waals surface area contributed by atoms with Crippen LogP contribution < -0.4 is 10.2 Å². The Morgan fingerprint density at radius 1 is 1.13 bits per heavy atom. The maximum absolute atomic E-state index is 13.1. The number of carbonyl (C=O) groups excluding carboxylic acids is 2. The van der Waals surface area contributed by atoms with Crippen LogP contribution in [-0.2, 0) is 16.1 Å². The monoisotopic (exact) mass is 440 g/mol. The number of carbonyl (C=O) groups is 2. The Morgan fingerprint density at radius 3 is 2.29 bits per heavy atom. The van der Waals surface area contributed by atoms with Gasteiger partial charge in [0, 0.05) is 18.2 Å². The van der Waals surface area contributed by atoms with E-state index in [9.17, 15) is 14.7 Å². The molecule has 5 nitrogen and oxygen atoms in total. The predicted octanol–water partition coefficient (Wildman–Crippen LogP) is 5.79. The lowest BCUT2D eigenvalue weighted by Crippen LogP contribution is -2.31. The van der Waals surface area contributed by atoms with Crippen molar-refractivity contribution in [3.63, 3.8) is 0 Å². The molecular weight excluding hydrogens is 408 g/mol. The van der Waals surface area contributed by atoms with Gasteiger partial charge in [-0.15, -0.1) is 11.8 Å². The Morgan fingerprint density at radius 2 is 1.74 bits per heavy atom. The zero-order valence-electron chi connectivity index (χ0n) is 19.2. The van der Waals surface area contributed by atoms with E-state index in [1.54, 1.807) is 12.3 Å². The van der Waals surface area contributed by atoms with Crippen LogP contribution in [0.4, 0.5) is 11.4 Å². The Hall–Kier alpha value is -2.73. The molecule has 2 aromatic carbocycles.